The standard InChI is InChI=1S/C20H26N6O3/c1-28-16-4-6-17(7-5-16)29-13-18-22-23-19(26(18)11-14-2-3-14)24-8-9-25-15(12-24)10-21-20(25)27/h4-7,14-15H,2-3,8-13H2,1H3,(H,21,27). The van der Waals surface area contributed by atoms with Gasteiger partial charge in [-0.3, -0.25) is 4.57 Å². The summed E-state index contributed by atoms with van der Waals surface area (Å²) in [4.78, 5) is 16.1. The Kier molecular flexibility index (Phi) is 4.65. The van der Waals surface area contributed by atoms with Crippen LogP contribution in [0.1, 0.15) is 18.7 Å². The number of urea groups is 1. The molecule has 1 saturated carbocycles. The third kappa shape index (κ3) is 3.68. The first-order chi connectivity index (χ1) is 14.2. The molecule has 9 heteroatoms. The number of hydrogen-bond donors (Lipinski definition) is 1. The number of amides is 2. The van der Waals surface area contributed by atoms with Crippen molar-refractivity contribution in [3.63, 3.8) is 0 Å². The molecule has 1 aromatic carbocycles. The minimum atomic E-state index is 0.0441. The second-order valence-corrected chi connectivity index (χ2v) is 7.91. The highest BCUT2D eigenvalue weighted by Crippen LogP contribution is 2.33. The number of carbonyl (C=O) groups is 1. The van der Waals surface area contributed by atoms with Gasteiger partial charge in [-0.25, -0.2) is 4.79 Å². The number of rotatable bonds is 7. The fourth-order valence-electron chi connectivity index (χ4n) is 4.02. The molecule has 154 valence electrons. The van der Waals surface area contributed by atoms with E-state index in [0.717, 1.165) is 42.9 Å². The van der Waals surface area contributed by atoms with Gasteiger partial charge in [-0.2, -0.15) is 0 Å². The molecule has 9 nitrogen and oxygen atoms in total. The number of aromatic nitrogens is 3. The number of carbonyl (C=O) groups excluding carboxylic acids is 1. The topological polar surface area (TPSA) is 84.8 Å². The quantitative estimate of drug-likeness (QED) is 0.761. The van der Waals surface area contributed by atoms with Crippen LogP contribution in [0.5, 0.6) is 11.5 Å². The predicted molar refractivity (Wildman–Crippen MR) is 106 cm³/mol. The monoisotopic (exact) mass is 398 g/mol. The van der Waals surface area contributed by atoms with Gasteiger partial charge in [0, 0.05) is 32.7 Å². The van der Waals surface area contributed by atoms with E-state index in [1.165, 1.54) is 12.8 Å². The largest absolute Gasteiger partial charge is 0.497 e. The van der Waals surface area contributed by atoms with E-state index in [1.807, 2.05) is 29.2 Å². The second kappa shape index (κ2) is 7.46. The molecule has 0 bridgehead atoms. The summed E-state index contributed by atoms with van der Waals surface area (Å²) in [6.45, 7) is 4.25. The maximum Gasteiger partial charge on any atom is 0.317 e. The molecule has 1 unspecified atom stereocenters. The second-order valence-electron chi connectivity index (χ2n) is 7.91. The van der Waals surface area contributed by atoms with Gasteiger partial charge in [0.25, 0.3) is 0 Å². The van der Waals surface area contributed by atoms with E-state index >= 15 is 0 Å². The average Bonchev–Trinajstić information content (AvgIpc) is 3.38. The van der Waals surface area contributed by atoms with Crippen LogP contribution in [0.15, 0.2) is 24.3 Å². The van der Waals surface area contributed by atoms with Crippen molar-refractivity contribution in [2.24, 2.45) is 5.92 Å². The maximum atomic E-state index is 11.9. The van der Waals surface area contributed by atoms with Crippen LogP contribution in [0.4, 0.5) is 10.7 Å². The van der Waals surface area contributed by atoms with Gasteiger partial charge in [0.2, 0.25) is 5.95 Å². The zero-order chi connectivity index (χ0) is 19.8. The van der Waals surface area contributed by atoms with Crippen LogP contribution in [0.25, 0.3) is 0 Å². The number of fused-ring (bicyclic) bond motifs is 1. The summed E-state index contributed by atoms with van der Waals surface area (Å²) in [5.74, 6) is 4.00. The van der Waals surface area contributed by atoms with Crippen LogP contribution in [-0.2, 0) is 13.2 Å². The molecular formula is C20H26N6O3. The summed E-state index contributed by atoms with van der Waals surface area (Å²) in [7, 11) is 1.65. The Morgan fingerprint density at radius 1 is 1.14 bits per heavy atom. The van der Waals surface area contributed by atoms with Gasteiger partial charge in [0.15, 0.2) is 5.82 Å². The molecule has 1 atom stereocenters. The summed E-state index contributed by atoms with van der Waals surface area (Å²) in [6, 6.07) is 7.79. The minimum absolute atomic E-state index is 0.0441. The van der Waals surface area contributed by atoms with Gasteiger partial charge in [0.05, 0.1) is 13.2 Å². The van der Waals surface area contributed by atoms with E-state index in [0.29, 0.717) is 25.6 Å². The van der Waals surface area contributed by atoms with Crippen molar-refractivity contribution < 1.29 is 14.3 Å². The van der Waals surface area contributed by atoms with Crippen LogP contribution in [-0.4, -0.2) is 65.0 Å². The number of ether oxygens (including phenoxy) is 2. The number of nitrogens with one attached hydrogen (secondary N) is 1. The zero-order valence-electron chi connectivity index (χ0n) is 16.6. The van der Waals surface area contributed by atoms with Crippen molar-refractivity contribution in [1.82, 2.24) is 25.0 Å². The smallest absolute Gasteiger partial charge is 0.317 e. The number of hydrogen-bond acceptors (Lipinski definition) is 6. The van der Waals surface area contributed by atoms with Gasteiger partial charge < -0.3 is 24.6 Å². The van der Waals surface area contributed by atoms with E-state index in [-0.39, 0.29) is 12.1 Å². The average molecular weight is 398 g/mol. The number of nitrogens with zero attached hydrogens (tertiary/aromatic N) is 5. The molecule has 1 aromatic heterocycles. The summed E-state index contributed by atoms with van der Waals surface area (Å²) in [5, 5.41) is 11.9. The lowest BCUT2D eigenvalue weighted by atomic mass is 10.2. The molecule has 3 heterocycles. The highest BCUT2D eigenvalue weighted by molar-refractivity contribution is 5.77. The van der Waals surface area contributed by atoms with E-state index in [9.17, 15) is 4.79 Å². The predicted octanol–water partition coefficient (Wildman–Crippen LogP) is 1.49. The number of methoxy groups -OCH3 is 1. The van der Waals surface area contributed by atoms with E-state index in [2.05, 4.69) is 25.0 Å². The lowest BCUT2D eigenvalue weighted by Gasteiger charge is -2.36. The van der Waals surface area contributed by atoms with Gasteiger partial charge in [-0.1, -0.05) is 0 Å². The number of piperazine rings is 1. The van der Waals surface area contributed by atoms with Crippen molar-refractivity contribution in [2.45, 2.75) is 32.0 Å². The fraction of sp³-hybridized carbons (Fsp3) is 0.550. The molecule has 2 saturated heterocycles. The third-order valence-corrected chi connectivity index (χ3v) is 5.89. The van der Waals surface area contributed by atoms with Crippen molar-refractivity contribution in [2.75, 3.05) is 38.2 Å². The molecule has 2 amide bonds. The lowest BCUT2D eigenvalue weighted by molar-refractivity contribution is 0.197. The Morgan fingerprint density at radius 3 is 2.69 bits per heavy atom. The number of benzene rings is 1. The normalized spacial score (nSPS) is 21.1. The van der Waals surface area contributed by atoms with Crippen LogP contribution >= 0.6 is 0 Å². The maximum absolute atomic E-state index is 11.9. The minimum Gasteiger partial charge on any atom is -0.497 e. The molecule has 1 aliphatic carbocycles. The molecule has 3 aliphatic rings. The highest BCUT2D eigenvalue weighted by atomic mass is 16.5. The van der Waals surface area contributed by atoms with E-state index in [1.54, 1.807) is 7.11 Å². The van der Waals surface area contributed by atoms with Gasteiger partial charge in [-0.05, 0) is 43.0 Å². The lowest BCUT2D eigenvalue weighted by Crippen LogP contribution is -2.52. The molecule has 29 heavy (non-hydrogen) atoms. The van der Waals surface area contributed by atoms with Crippen LogP contribution in [0.2, 0.25) is 0 Å². The molecule has 5 rings (SSSR count). The fourth-order valence-corrected chi connectivity index (χ4v) is 4.02. The summed E-state index contributed by atoms with van der Waals surface area (Å²) in [6.07, 6.45) is 2.51. The first kappa shape index (κ1) is 18.1. The van der Waals surface area contributed by atoms with Gasteiger partial charge in [-0.15, -0.1) is 10.2 Å². The van der Waals surface area contributed by atoms with Crippen molar-refractivity contribution in [1.29, 1.82) is 0 Å². The van der Waals surface area contributed by atoms with Gasteiger partial charge in [0.1, 0.15) is 18.1 Å². The van der Waals surface area contributed by atoms with Gasteiger partial charge >= 0.3 is 6.03 Å². The summed E-state index contributed by atoms with van der Waals surface area (Å²) >= 11 is 0. The van der Waals surface area contributed by atoms with Crippen molar-refractivity contribution in [3.05, 3.63) is 30.1 Å². The Hall–Kier alpha value is -2.97. The SMILES string of the molecule is COc1ccc(OCc2nnc(N3CCN4C(=O)NCC4C3)n2CC2CC2)cc1. The zero-order valence-corrected chi connectivity index (χ0v) is 16.6. The Labute approximate surface area is 169 Å². The molecule has 0 spiro atoms. The Bertz CT molecular complexity index is 879. The first-order valence-corrected chi connectivity index (χ1v) is 10.2. The summed E-state index contributed by atoms with van der Waals surface area (Å²) in [5.41, 5.74) is 0. The molecule has 2 aromatic rings. The number of anilines is 1. The Morgan fingerprint density at radius 2 is 1.93 bits per heavy atom. The first-order valence-electron chi connectivity index (χ1n) is 10.2. The van der Waals surface area contributed by atoms with Crippen molar-refractivity contribution >= 4 is 12.0 Å². The molecule has 1 N–H and O–H groups in total. The van der Waals surface area contributed by atoms with Crippen molar-refractivity contribution in [3.8, 4) is 11.5 Å². The van der Waals surface area contributed by atoms with Crippen LogP contribution in [0.3, 0.4) is 0 Å². The molecule has 2 aliphatic heterocycles. The molecular weight excluding hydrogens is 372 g/mol. The van der Waals surface area contributed by atoms with E-state index in [4.69, 9.17) is 9.47 Å². The third-order valence-electron chi connectivity index (χ3n) is 5.89. The van der Waals surface area contributed by atoms with E-state index < -0.39 is 0 Å². The Balaban J connectivity index is 1.31. The highest BCUT2D eigenvalue weighted by Gasteiger charge is 2.37. The summed E-state index contributed by atoms with van der Waals surface area (Å²) < 4.78 is 13.4. The molecule has 3 fully saturated rings. The molecule has 0 radical (unpaired) electrons. The van der Waals surface area contributed by atoms with Crippen LogP contribution < -0.4 is 19.7 Å². The van der Waals surface area contributed by atoms with Crippen LogP contribution in [0, 0.1) is 5.92 Å².